The van der Waals surface area contributed by atoms with E-state index in [-0.39, 0.29) is 31.1 Å². The van der Waals surface area contributed by atoms with Crippen LogP contribution in [0.25, 0.3) is 0 Å². The predicted molar refractivity (Wildman–Crippen MR) is 293 cm³/mol. The average Bonchev–Trinajstić information content (AvgIpc) is 3.32. The van der Waals surface area contributed by atoms with E-state index in [1.54, 1.807) is 0 Å². The second-order valence-corrected chi connectivity index (χ2v) is 22.1. The minimum absolute atomic E-state index is 0.0625. The summed E-state index contributed by atoms with van der Waals surface area (Å²) in [5, 5.41) is 0. The van der Waals surface area contributed by atoms with E-state index < -0.39 is 6.10 Å². The lowest BCUT2D eigenvalue weighted by Gasteiger charge is -2.18. The molecule has 404 valence electrons. The Morgan fingerprint density at radius 2 is 0.559 bits per heavy atom. The maximum absolute atomic E-state index is 12.9. The molecule has 6 heteroatoms. The Hall–Kier alpha value is -1.59. The number of hydrogen-bond donors (Lipinski definition) is 0. The van der Waals surface area contributed by atoms with Crippen LogP contribution < -0.4 is 0 Å². The van der Waals surface area contributed by atoms with Crippen molar-refractivity contribution in [3.8, 4) is 0 Å². The topological polar surface area (TPSA) is 78.9 Å². The second kappa shape index (κ2) is 54.7. The summed E-state index contributed by atoms with van der Waals surface area (Å²) in [6.45, 7) is 11.5. The molecular formula is C62H120O6. The number of ether oxygens (including phenoxy) is 3. The van der Waals surface area contributed by atoms with E-state index in [1.807, 2.05) is 0 Å². The highest BCUT2D eigenvalue weighted by Gasteiger charge is 2.19. The van der Waals surface area contributed by atoms with Gasteiger partial charge in [-0.15, -0.1) is 0 Å². The maximum Gasteiger partial charge on any atom is 0.306 e. The van der Waals surface area contributed by atoms with Crippen molar-refractivity contribution in [2.45, 2.75) is 355 Å². The van der Waals surface area contributed by atoms with Gasteiger partial charge in [0.15, 0.2) is 6.10 Å². The summed E-state index contributed by atoms with van der Waals surface area (Å²) in [5.74, 6) is 0.878. The Kier molecular flexibility index (Phi) is 53.5. The van der Waals surface area contributed by atoms with Crippen molar-refractivity contribution in [3.63, 3.8) is 0 Å². The number of carbonyl (C=O) groups excluding carboxylic acids is 3. The smallest absolute Gasteiger partial charge is 0.306 e. The monoisotopic (exact) mass is 961 g/mol. The first kappa shape index (κ1) is 66.4. The van der Waals surface area contributed by atoms with Gasteiger partial charge in [0.05, 0.1) is 0 Å². The predicted octanol–water partition coefficient (Wildman–Crippen LogP) is 20.4. The summed E-state index contributed by atoms with van der Waals surface area (Å²) < 4.78 is 16.9. The third kappa shape index (κ3) is 53.8. The van der Waals surface area contributed by atoms with Crippen molar-refractivity contribution in [2.75, 3.05) is 13.2 Å². The highest BCUT2D eigenvalue weighted by molar-refractivity contribution is 5.71. The van der Waals surface area contributed by atoms with Crippen LogP contribution in [0.4, 0.5) is 0 Å². The van der Waals surface area contributed by atoms with Crippen LogP contribution in [0.15, 0.2) is 0 Å². The van der Waals surface area contributed by atoms with E-state index in [4.69, 9.17) is 14.2 Å². The number of esters is 3. The summed E-state index contributed by atoms with van der Waals surface area (Å²) >= 11 is 0. The van der Waals surface area contributed by atoms with Crippen LogP contribution in [-0.4, -0.2) is 37.2 Å². The van der Waals surface area contributed by atoms with Crippen LogP contribution in [0.1, 0.15) is 349 Å². The minimum atomic E-state index is -0.763. The molecule has 68 heavy (non-hydrogen) atoms. The van der Waals surface area contributed by atoms with Gasteiger partial charge >= 0.3 is 17.9 Å². The second-order valence-electron chi connectivity index (χ2n) is 22.1. The van der Waals surface area contributed by atoms with E-state index in [9.17, 15) is 14.4 Å². The van der Waals surface area contributed by atoms with Gasteiger partial charge < -0.3 is 14.2 Å². The molecule has 0 N–H and O–H groups in total. The van der Waals surface area contributed by atoms with E-state index in [0.29, 0.717) is 19.3 Å². The normalized spacial score (nSPS) is 12.4. The van der Waals surface area contributed by atoms with Crippen LogP contribution in [0.3, 0.4) is 0 Å². The zero-order valence-corrected chi connectivity index (χ0v) is 46.7. The lowest BCUT2D eigenvalue weighted by Crippen LogP contribution is -2.30. The SMILES string of the molecule is CCCCCCCCCCCCCCCCCCCCCC(=O)O[C@@H](COC(=O)CCCCCCCCCCCCCCCCC(C)CC)COC(=O)CCCCCCCCCCCCC(C)C. The van der Waals surface area contributed by atoms with Gasteiger partial charge in [0.1, 0.15) is 13.2 Å². The van der Waals surface area contributed by atoms with E-state index >= 15 is 0 Å². The Labute approximate surface area is 425 Å². The third-order valence-corrected chi connectivity index (χ3v) is 14.6. The van der Waals surface area contributed by atoms with Crippen LogP contribution >= 0.6 is 0 Å². The van der Waals surface area contributed by atoms with Crippen LogP contribution in [0.5, 0.6) is 0 Å². The van der Waals surface area contributed by atoms with Crippen molar-refractivity contribution in [1.29, 1.82) is 0 Å². The molecule has 0 aliphatic rings. The van der Waals surface area contributed by atoms with Gasteiger partial charge in [-0.05, 0) is 31.1 Å². The van der Waals surface area contributed by atoms with Gasteiger partial charge in [-0.25, -0.2) is 0 Å². The first-order chi connectivity index (χ1) is 33.3. The molecule has 0 amide bonds. The maximum atomic E-state index is 12.9. The molecule has 0 heterocycles. The molecule has 0 aromatic rings. The largest absolute Gasteiger partial charge is 0.462 e. The lowest BCUT2D eigenvalue weighted by atomic mass is 9.99. The summed E-state index contributed by atoms with van der Waals surface area (Å²) in [6, 6.07) is 0. The van der Waals surface area contributed by atoms with Gasteiger partial charge in [0.25, 0.3) is 0 Å². The molecule has 0 spiro atoms. The third-order valence-electron chi connectivity index (χ3n) is 14.6. The first-order valence-electron chi connectivity index (χ1n) is 30.8. The van der Waals surface area contributed by atoms with Gasteiger partial charge in [0, 0.05) is 19.3 Å². The Morgan fingerprint density at radius 1 is 0.309 bits per heavy atom. The van der Waals surface area contributed by atoms with Crippen molar-refractivity contribution >= 4 is 17.9 Å². The minimum Gasteiger partial charge on any atom is -0.462 e. The number of rotatable bonds is 56. The molecule has 0 rings (SSSR count). The molecule has 6 nitrogen and oxygen atoms in total. The zero-order valence-electron chi connectivity index (χ0n) is 46.7. The van der Waals surface area contributed by atoms with Crippen molar-refractivity contribution in [3.05, 3.63) is 0 Å². The molecule has 0 saturated heterocycles. The zero-order chi connectivity index (χ0) is 49.6. The standard InChI is InChI=1S/C62H120O6/c1-6-8-9-10-11-12-13-14-15-16-17-18-19-24-27-34-39-44-49-54-62(65)68-59(56-67-61(64)53-48-43-38-33-29-28-30-35-40-45-50-57(3)4)55-66-60(63)52-47-42-37-32-26-23-21-20-22-25-31-36-41-46-51-58(5)7-2/h57-59H,6-56H2,1-5H3/t58?,59-/m0/s1. The summed E-state index contributed by atoms with van der Waals surface area (Å²) in [5.41, 5.74) is 0. The molecule has 0 aliphatic heterocycles. The van der Waals surface area contributed by atoms with Crippen LogP contribution in [0.2, 0.25) is 0 Å². The van der Waals surface area contributed by atoms with Gasteiger partial charge in [-0.1, -0.05) is 311 Å². The van der Waals surface area contributed by atoms with E-state index in [2.05, 4.69) is 34.6 Å². The quantitative estimate of drug-likeness (QED) is 0.0343. The molecular weight excluding hydrogens is 841 g/mol. The van der Waals surface area contributed by atoms with Crippen molar-refractivity contribution in [2.24, 2.45) is 11.8 Å². The molecule has 0 aromatic heterocycles. The fourth-order valence-electron chi connectivity index (χ4n) is 9.55. The van der Waals surface area contributed by atoms with E-state index in [0.717, 1.165) is 69.6 Å². The molecule has 2 atom stereocenters. The number of carbonyl (C=O) groups is 3. The summed E-state index contributed by atoms with van der Waals surface area (Å²) in [4.78, 5) is 38.2. The van der Waals surface area contributed by atoms with Crippen molar-refractivity contribution in [1.82, 2.24) is 0 Å². The van der Waals surface area contributed by atoms with Crippen molar-refractivity contribution < 1.29 is 28.6 Å². The average molecular weight is 962 g/mol. The fraction of sp³-hybridized carbons (Fsp3) is 0.952. The summed E-state index contributed by atoms with van der Waals surface area (Å²) in [7, 11) is 0. The van der Waals surface area contributed by atoms with E-state index in [1.165, 1.54) is 238 Å². The summed E-state index contributed by atoms with van der Waals surface area (Å²) in [6.07, 6.45) is 59.5. The van der Waals surface area contributed by atoms with Crippen LogP contribution in [-0.2, 0) is 28.6 Å². The molecule has 0 saturated carbocycles. The molecule has 0 aliphatic carbocycles. The van der Waals surface area contributed by atoms with Gasteiger partial charge in [-0.2, -0.15) is 0 Å². The Balaban J connectivity index is 4.28. The van der Waals surface area contributed by atoms with Gasteiger partial charge in [-0.3, -0.25) is 14.4 Å². The van der Waals surface area contributed by atoms with Crippen LogP contribution in [0, 0.1) is 11.8 Å². The molecule has 0 radical (unpaired) electrons. The van der Waals surface area contributed by atoms with Gasteiger partial charge in [0.2, 0.25) is 0 Å². The molecule has 0 bridgehead atoms. The molecule has 0 aromatic carbocycles. The highest BCUT2D eigenvalue weighted by Crippen LogP contribution is 2.19. The fourth-order valence-corrected chi connectivity index (χ4v) is 9.55. The Morgan fingerprint density at radius 3 is 0.838 bits per heavy atom. The molecule has 1 unspecified atom stereocenters. The molecule has 0 fully saturated rings. The highest BCUT2D eigenvalue weighted by atomic mass is 16.6. The first-order valence-corrected chi connectivity index (χ1v) is 30.8. The Bertz CT molecular complexity index is 1040. The number of unbranched alkanes of at least 4 members (excludes halogenated alkanes) is 40. The number of hydrogen-bond acceptors (Lipinski definition) is 6. The lowest BCUT2D eigenvalue weighted by molar-refractivity contribution is -0.167.